The highest BCUT2D eigenvalue weighted by atomic mass is 35.5. The monoisotopic (exact) mass is 626 g/mol. The number of rotatable bonds is 10. The van der Waals surface area contributed by atoms with Crippen molar-refractivity contribution in [3.63, 3.8) is 0 Å². The molecule has 2 aromatic rings. The number of alkyl halides is 3. The van der Waals surface area contributed by atoms with E-state index in [4.69, 9.17) is 37.8 Å². The summed E-state index contributed by atoms with van der Waals surface area (Å²) in [6, 6.07) is 12.3. The molecule has 0 atom stereocenters. The summed E-state index contributed by atoms with van der Waals surface area (Å²) in [6.07, 6.45) is -5.08. The number of halogens is 5. The zero-order chi connectivity index (χ0) is 30.1. The van der Waals surface area contributed by atoms with Crippen LogP contribution in [0.25, 0.3) is 0 Å². The van der Waals surface area contributed by atoms with Crippen molar-refractivity contribution in [2.45, 2.75) is 17.6 Å². The third-order valence-corrected chi connectivity index (χ3v) is 8.20. The molecule has 40 heavy (non-hydrogen) atoms. The van der Waals surface area contributed by atoms with Crippen molar-refractivity contribution < 1.29 is 41.0 Å². The van der Waals surface area contributed by atoms with Crippen molar-refractivity contribution in [2.75, 3.05) is 46.9 Å². The lowest BCUT2D eigenvalue weighted by Crippen LogP contribution is -2.33. The maximum absolute atomic E-state index is 12.7. The minimum absolute atomic E-state index is 0.0238. The lowest BCUT2D eigenvalue weighted by atomic mass is 10.1. The third-order valence-electron chi connectivity index (χ3n) is 5.37. The van der Waals surface area contributed by atoms with Gasteiger partial charge in [-0.05, 0) is 17.7 Å². The SMILES string of the molecule is CN(Cc1ccc(C2=NCCN2)cc1)C(=O)COCCN(C)S(=O)(=O)c1cccc(Cl)c1Cl.O=C(O)C(F)(F)F. The topological polar surface area (TPSA) is 129 Å². The molecule has 0 radical (unpaired) electrons. The average Bonchev–Trinajstić information content (AvgIpc) is 3.43. The van der Waals surface area contributed by atoms with Gasteiger partial charge in [-0.25, -0.2) is 13.2 Å². The molecule has 220 valence electrons. The van der Waals surface area contributed by atoms with E-state index in [9.17, 15) is 26.4 Å². The average molecular weight is 627 g/mol. The molecule has 1 amide bonds. The molecule has 0 saturated heterocycles. The van der Waals surface area contributed by atoms with E-state index in [1.807, 2.05) is 24.3 Å². The Bertz CT molecular complexity index is 1320. The van der Waals surface area contributed by atoms with E-state index >= 15 is 0 Å². The second kappa shape index (κ2) is 14.6. The molecule has 1 aliphatic heterocycles. The van der Waals surface area contributed by atoms with Gasteiger partial charge in [-0.15, -0.1) is 0 Å². The fraction of sp³-hybridized carbons (Fsp3) is 0.375. The quantitative estimate of drug-likeness (QED) is 0.387. The summed E-state index contributed by atoms with van der Waals surface area (Å²) >= 11 is 12.0. The number of amidine groups is 1. The smallest absolute Gasteiger partial charge is 0.475 e. The fourth-order valence-electron chi connectivity index (χ4n) is 3.16. The number of hydrogen-bond acceptors (Lipinski definition) is 7. The molecule has 2 N–H and O–H groups in total. The Morgan fingerprint density at radius 2 is 1.75 bits per heavy atom. The van der Waals surface area contributed by atoms with Gasteiger partial charge in [-0.2, -0.15) is 17.5 Å². The largest absolute Gasteiger partial charge is 0.490 e. The van der Waals surface area contributed by atoms with Crippen LogP contribution in [0.1, 0.15) is 11.1 Å². The molecule has 3 rings (SSSR count). The van der Waals surface area contributed by atoms with Gasteiger partial charge in [0, 0.05) is 39.3 Å². The number of carboxylic acid groups (broad SMARTS) is 1. The van der Waals surface area contributed by atoms with Gasteiger partial charge in [-0.1, -0.05) is 53.5 Å². The molecule has 1 aliphatic rings. The number of nitrogens with one attached hydrogen (secondary N) is 1. The number of benzene rings is 2. The summed E-state index contributed by atoms with van der Waals surface area (Å²) < 4.78 is 63.7. The number of aliphatic imine (C=N–C) groups is 1. The number of nitrogens with zero attached hydrogens (tertiary/aromatic N) is 3. The molecule has 0 saturated carbocycles. The number of hydrogen-bond donors (Lipinski definition) is 2. The van der Waals surface area contributed by atoms with E-state index in [1.165, 1.54) is 25.2 Å². The zero-order valence-corrected chi connectivity index (χ0v) is 23.7. The van der Waals surface area contributed by atoms with Crippen molar-refractivity contribution in [1.82, 2.24) is 14.5 Å². The van der Waals surface area contributed by atoms with Crippen molar-refractivity contribution in [1.29, 1.82) is 0 Å². The normalized spacial score (nSPS) is 13.2. The Kier molecular flexibility index (Phi) is 12.2. The Labute approximate surface area is 239 Å². The predicted octanol–water partition coefficient (Wildman–Crippen LogP) is 3.27. The van der Waals surface area contributed by atoms with E-state index in [0.29, 0.717) is 6.54 Å². The molecule has 0 bridgehead atoms. The van der Waals surface area contributed by atoms with Crippen LogP contribution in [0.5, 0.6) is 0 Å². The van der Waals surface area contributed by atoms with Gasteiger partial charge in [0.15, 0.2) is 0 Å². The lowest BCUT2D eigenvalue weighted by Gasteiger charge is -2.20. The summed E-state index contributed by atoms with van der Waals surface area (Å²) in [4.78, 5) is 27.2. The zero-order valence-electron chi connectivity index (χ0n) is 21.4. The third kappa shape index (κ3) is 9.63. The summed E-state index contributed by atoms with van der Waals surface area (Å²) in [6.45, 7) is 2.03. The maximum atomic E-state index is 12.7. The highest BCUT2D eigenvalue weighted by Gasteiger charge is 2.38. The van der Waals surface area contributed by atoms with Crippen LogP contribution in [-0.4, -0.2) is 93.6 Å². The minimum atomic E-state index is -5.08. The van der Waals surface area contributed by atoms with Gasteiger partial charge in [-0.3, -0.25) is 9.79 Å². The molecule has 16 heteroatoms. The van der Waals surface area contributed by atoms with Crippen molar-refractivity contribution in [2.24, 2.45) is 4.99 Å². The Hall–Kier alpha value is -2.91. The predicted molar refractivity (Wildman–Crippen MR) is 143 cm³/mol. The highest BCUT2D eigenvalue weighted by molar-refractivity contribution is 7.89. The van der Waals surface area contributed by atoms with Crippen LogP contribution in [0.2, 0.25) is 10.0 Å². The van der Waals surface area contributed by atoms with Crippen LogP contribution < -0.4 is 5.32 Å². The lowest BCUT2D eigenvalue weighted by molar-refractivity contribution is -0.192. The molecular weight excluding hydrogens is 600 g/mol. The van der Waals surface area contributed by atoms with Crippen LogP contribution in [0, 0.1) is 0 Å². The molecule has 0 aromatic heterocycles. The fourth-order valence-corrected chi connectivity index (χ4v) is 5.04. The van der Waals surface area contributed by atoms with Crippen molar-refractivity contribution in [3.8, 4) is 0 Å². The van der Waals surface area contributed by atoms with Crippen LogP contribution in [0.15, 0.2) is 52.4 Å². The second-order valence-corrected chi connectivity index (χ2v) is 11.1. The summed E-state index contributed by atoms with van der Waals surface area (Å²) in [5, 5.41) is 10.5. The number of aliphatic carboxylic acids is 1. The molecular formula is C24H27Cl2F3N4O6S. The Balaban J connectivity index is 0.000000708. The Morgan fingerprint density at radius 1 is 1.12 bits per heavy atom. The van der Waals surface area contributed by atoms with E-state index in [0.717, 1.165) is 34.4 Å². The van der Waals surface area contributed by atoms with E-state index < -0.39 is 22.2 Å². The van der Waals surface area contributed by atoms with Gasteiger partial charge < -0.3 is 20.1 Å². The molecule has 10 nitrogen and oxygen atoms in total. The molecule has 0 unspecified atom stereocenters. The first kappa shape index (κ1) is 33.3. The van der Waals surface area contributed by atoms with E-state index in [-0.39, 0.29) is 40.6 Å². The number of sulfonamides is 1. The first-order chi connectivity index (χ1) is 18.6. The standard InChI is InChI=1S/C22H26Cl2N4O4S.C2HF3O2/c1-27(14-16-6-8-17(9-7-16)22-25-10-11-26-22)20(29)15-32-13-12-28(2)33(30,31)19-5-3-4-18(23)21(19)24;3-2(4,5)1(6)7/h3-9H,10-15H2,1-2H3,(H,25,26);(H,6,7). The van der Waals surface area contributed by atoms with E-state index in [1.54, 1.807) is 11.9 Å². The van der Waals surface area contributed by atoms with E-state index in [2.05, 4.69) is 10.3 Å². The van der Waals surface area contributed by atoms with Crippen LogP contribution in [-0.2, 0) is 30.9 Å². The van der Waals surface area contributed by atoms with Crippen LogP contribution >= 0.6 is 23.2 Å². The second-order valence-electron chi connectivity index (χ2n) is 8.34. The number of carbonyl (C=O) groups is 2. The van der Waals surface area contributed by atoms with Crippen LogP contribution in [0.4, 0.5) is 13.2 Å². The first-order valence-electron chi connectivity index (χ1n) is 11.5. The van der Waals surface area contributed by atoms with Gasteiger partial charge >= 0.3 is 12.1 Å². The van der Waals surface area contributed by atoms with Gasteiger partial charge in [0.05, 0.1) is 23.2 Å². The minimum Gasteiger partial charge on any atom is -0.475 e. The van der Waals surface area contributed by atoms with Gasteiger partial charge in [0.2, 0.25) is 15.9 Å². The number of amides is 1. The van der Waals surface area contributed by atoms with Gasteiger partial charge in [0.1, 0.15) is 17.3 Å². The maximum Gasteiger partial charge on any atom is 0.490 e. The summed E-state index contributed by atoms with van der Waals surface area (Å²) in [7, 11) is -0.720. The molecule has 0 spiro atoms. The summed E-state index contributed by atoms with van der Waals surface area (Å²) in [5.74, 6) is -2.07. The van der Waals surface area contributed by atoms with Crippen LogP contribution in [0.3, 0.4) is 0 Å². The van der Waals surface area contributed by atoms with Crippen molar-refractivity contribution >= 4 is 50.9 Å². The Morgan fingerprint density at radius 3 is 2.30 bits per heavy atom. The number of carboxylic acids is 1. The number of likely N-dealkylation sites (N-methyl/N-ethyl adjacent to an activating group) is 2. The molecule has 2 aromatic carbocycles. The summed E-state index contributed by atoms with van der Waals surface area (Å²) in [5.41, 5.74) is 2.00. The van der Waals surface area contributed by atoms with Crippen molar-refractivity contribution in [3.05, 3.63) is 63.6 Å². The number of ether oxygens (including phenoxy) is 1. The first-order valence-corrected chi connectivity index (χ1v) is 13.7. The highest BCUT2D eigenvalue weighted by Crippen LogP contribution is 2.30. The molecule has 0 fully saturated rings. The molecule has 1 heterocycles. The molecule has 0 aliphatic carbocycles. The van der Waals surface area contributed by atoms with Gasteiger partial charge in [0.25, 0.3) is 0 Å². The number of carbonyl (C=O) groups excluding carboxylic acids is 1.